The fraction of sp³-hybridized carbons (Fsp3) is 0.714. The minimum atomic E-state index is 0.406. The number of hydrogen-bond donors (Lipinski definition) is 0. The van der Waals surface area contributed by atoms with Gasteiger partial charge in [-0.15, -0.1) is 0 Å². The van der Waals surface area contributed by atoms with Crippen LogP contribution in [0.5, 0.6) is 0 Å². The summed E-state index contributed by atoms with van der Waals surface area (Å²) in [5, 5.41) is 4.37. The minimum absolute atomic E-state index is 0.406. The van der Waals surface area contributed by atoms with Crippen LogP contribution in [0.3, 0.4) is 0 Å². The second-order valence-electron chi connectivity index (χ2n) is 6.07. The maximum atomic E-state index is 11.2. The Kier molecular flexibility index (Phi) is 3.46. The van der Waals surface area contributed by atoms with Gasteiger partial charge in [0.25, 0.3) is 0 Å². The van der Waals surface area contributed by atoms with Crippen molar-refractivity contribution in [3.05, 3.63) is 11.3 Å². The fourth-order valence-electron chi connectivity index (χ4n) is 2.81. The summed E-state index contributed by atoms with van der Waals surface area (Å²) < 4.78 is 1.84. The van der Waals surface area contributed by atoms with Gasteiger partial charge in [0.15, 0.2) is 6.29 Å². The van der Waals surface area contributed by atoms with Crippen molar-refractivity contribution in [3.63, 3.8) is 0 Å². The average molecular weight is 249 g/mol. The van der Waals surface area contributed by atoms with Gasteiger partial charge in [0.1, 0.15) is 5.82 Å². The molecule has 4 heteroatoms. The second kappa shape index (κ2) is 4.75. The largest absolute Gasteiger partial charge is 0.356 e. The Labute approximate surface area is 109 Å². The van der Waals surface area contributed by atoms with E-state index in [1.54, 1.807) is 0 Å². The Morgan fingerprint density at radius 3 is 2.67 bits per heavy atom. The molecule has 1 fully saturated rings. The topological polar surface area (TPSA) is 38.1 Å². The monoisotopic (exact) mass is 249 g/mol. The first-order valence-corrected chi connectivity index (χ1v) is 6.68. The lowest BCUT2D eigenvalue weighted by Gasteiger charge is -2.25. The highest BCUT2D eigenvalue weighted by molar-refractivity contribution is 5.84. The van der Waals surface area contributed by atoms with Crippen molar-refractivity contribution in [1.29, 1.82) is 0 Å². The number of aldehydes is 1. The van der Waals surface area contributed by atoms with Gasteiger partial charge in [-0.1, -0.05) is 13.8 Å². The fourth-order valence-corrected chi connectivity index (χ4v) is 2.81. The van der Waals surface area contributed by atoms with Gasteiger partial charge in [-0.2, -0.15) is 5.10 Å². The number of carbonyl (C=O) groups is 1. The third kappa shape index (κ3) is 2.42. The van der Waals surface area contributed by atoms with Crippen molar-refractivity contribution >= 4 is 12.1 Å². The number of aromatic nitrogens is 2. The van der Waals surface area contributed by atoms with Crippen LogP contribution >= 0.6 is 0 Å². The first kappa shape index (κ1) is 13.1. The molecule has 0 N–H and O–H groups in total. The van der Waals surface area contributed by atoms with Gasteiger partial charge in [0.05, 0.1) is 11.3 Å². The first-order valence-electron chi connectivity index (χ1n) is 6.68. The third-order valence-corrected chi connectivity index (χ3v) is 3.99. The van der Waals surface area contributed by atoms with E-state index >= 15 is 0 Å². The lowest BCUT2D eigenvalue weighted by atomic mass is 9.85. The molecule has 0 radical (unpaired) electrons. The normalized spacial score (nSPS) is 19.7. The number of rotatable bonds is 2. The van der Waals surface area contributed by atoms with E-state index in [1.807, 2.05) is 18.7 Å². The number of anilines is 1. The summed E-state index contributed by atoms with van der Waals surface area (Å²) in [5.41, 5.74) is 1.98. The Bertz CT molecular complexity index is 448. The van der Waals surface area contributed by atoms with E-state index in [4.69, 9.17) is 0 Å². The molecule has 1 aromatic heterocycles. The van der Waals surface area contributed by atoms with E-state index < -0.39 is 0 Å². The third-order valence-electron chi connectivity index (χ3n) is 3.99. The molecule has 1 saturated heterocycles. The molecule has 0 spiro atoms. The molecule has 4 nitrogen and oxygen atoms in total. The first-order chi connectivity index (χ1) is 8.44. The van der Waals surface area contributed by atoms with Crippen LogP contribution in [0.15, 0.2) is 0 Å². The van der Waals surface area contributed by atoms with Crippen LogP contribution in [-0.4, -0.2) is 29.2 Å². The summed E-state index contributed by atoms with van der Waals surface area (Å²) in [7, 11) is 1.92. The van der Waals surface area contributed by atoms with Gasteiger partial charge < -0.3 is 4.90 Å². The average Bonchev–Trinajstić information content (AvgIpc) is 2.45. The van der Waals surface area contributed by atoms with Crippen molar-refractivity contribution in [3.8, 4) is 0 Å². The van der Waals surface area contributed by atoms with Gasteiger partial charge in [0, 0.05) is 20.1 Å². The summed E-state index contributed by atoms with van der Waals surface area (Å²) >= 11 is 0. The number of carbonyl (C=O) groups excluding carboxylic acids is 1. The minimum Gasteiger partial charge on any atom is -0.356 e. The Balaban J connectivity index is 2.29. The smallest absolute Gasteiger partial charge is 0.155 e. The van der Waals surface area contributed by atoms with Crippen molar-refractivity contribution < 1.29 is 4.79 Å². The Hall–Kier alpha value is -1.32. The summed E-state index contributed by atoms with van der Waals surface area (Å²) in [4.78, 5) is 13.6. The lowest BCUT2D eigenvalue weighted by molar-refractivity contribution is 0.112. The molecule has 0 unspecified atom stereocenters. The molecule has 0 aliphatic carbocycles. The maximum Gasteiger partial charge on any atom is 0.155 e. The van der Waals surface area contributed by atoms with E-state index in [9.17, 15) is 4.79 Å². The lowest BCUT2D eigenvalue weighted by Crippen LogP contribution is -2.28. The zero-order chi connectivity index (χ0) is 13.3. The molecule has 2 heterocycles. The summed E-state index contributed by atoms with van der Waals surface area (Å²) in [6.45, 7) is 8.57. The van der Waals surface area contributed by atoms with Crippen molar-refractivity contribution in [2.45, 2.75) is 40.0 Å². The molecule has 0 aromatic carbocycles. The molecule has 1 aromatic rings. The summed E-state index contributed by atoms with van der Waals surface area (Å²) in [5.74, 6) is 0.986. The van der Waals surface area contributed by atoms with Gasteiger partial charge in [-0.3, -0.25) is 9.48 Å². The molecular weight excluding hydrogens is 226 g/mol. The van der Waals surface area contributed by atoms with Gasteiger partial charge in [-0.25, -0.2) is 0 Å². The number of nitrogens with zero attached hydrogens (tertiary/aromatic N) is 3. The second-order valence-corrected chi connectivity index (χ2v) is 6.07. The van der Waals surface area contributed by atoms with Crippen LogP contribution in [0.4, 0.5) is 5.82 Å². The molecule has 0 saturated carbocycles. The van der Waals surface area contributed by atoms with Gasteiger partial charge in [0.2, 0.25) is 0 Å². The van der Waals surface area contributed by atoms with Crippen LogP contribution < -0.4 is 4.90 Å². The Morgan fingerprint density at radius 2 is 2.00 bits per heavy atom. The molecule has 0 amide bonds. The molecule has 1 aliphatic rings. The van der Waals surface area contributed by atoms with E-state index in [0.29, 0.717) is 5.41 Å². The van der Waals surface area contributed by atoms with E-state index in [1.165, 1.54) is 12.8 Å². The molecule has 1 aliphatic heterocycles. The quantitative estimate of drug-likeness (QED) is 0.756. The molecule has 18 heavy (non-hydrogen) atoms. The number of hydrogen-bond acceptors (Lipinski definition) is 3. The predicted octanol–water partition coefficient (Wildman–Crippen LogP) is 2.56. The predicted molar refractivity (Wildman–Crippen MR) is 73.2 cm³/mol. The Morgan fingerprint density at radius 1 is 1.28 bits per heavy atom. The van der Waals surface area contributed by atoms with Crippen LogP contribution in [0.25, 0.3) is 0 Å². The number of aryl methyl sites for hydroxylation is 2. The van der Waals surface area contributed by atoms with Gasteiger partial charge >= 0.3 is 0 Å². The van der Waals surface area contributed by atoms with Crippen molar-refractivity contribution in [1.82, 2.24) is 9.78 Å². The SMILES string of the molecule is Cc1nn(C)c(N2CCCC(C)(C)CC2)c1C=O. The molecule has 0 atom stereocenters. The van der Waals surface area contributed by atoms with Crippen LogP contribution in [0.2, 0.25) is 0 Å². The maximum absolute atomic E-state index is 11.2. The zero-order valence-electron chi connectivity index (χ0n) is 11.9. The molecule has 2 rings (SSSR count). The zero-order valence-corrected chi connectivity index (χ0v) is 11.9. The van der Waals surface area contributed by atoms with Crippen molar-refractivity contribution in [2.75, 3.05) is 18.0 Å². The highest BCUT2D eigenvalue weighted by Gasteiger charge is 2.26. The van der Waals surface area contributed by atoms with Crippen LogP contribution in [0, 0.1) is 12.3 Å². The molecular formula is C14H23N3O. The van der Waals surface area contributed by atoms with Crippen LogP contribution in [-0.2, 0) is 7.05 Å². The van der Waals surface area contributed by atoms with E-state index in [2.05, 4.69) is 23.8 Å². The van der Waals surface area contributed by atoms with Crippen molar-refractivity contribution in [2.24, 2.45) is 12.5 Å². The highest BCUT2D eigenvalue weighted by atomic mass is 16.1. The van der Waals surface area contributed by atoms with Gasteiger partial charge in [-0.05, 0) is 31.6 Å². The highest BCUT2D eigenvalue weighted by Crippen LogP contribution is 2.32. The molecule has 0 bridgehead atoms. The van der Waals surface area contributed by atoms with E-state index in [-0.39, 0.29) is 0 Å². The van der Waals surface area contributed by atoms with Crippen LogP contribution in [0.1, 0.15) is 49.2 Å². The summed E-state index contributed by atoms with van der Waals surface area (Å²) in [6.07, 6.45) is 4.52. The molecule has 100 valence electrons. The summed E-state index contributed by atoms with van der Waals surface area (Å²) in [6, 6.07) is 0. The van der Waals surface area contributed by atoms with E-state index in [0.717, 1.165) is 42.9 Å². The standard InChI is InChI=1S/C14H23N3O/c1-11-12(10-18)13(16(4)15-11)17-8-5-6-14(2,3)7-9-17/h10H,5-9H2,1-4H3.